The average Bonchev–Trinajstić information content (AvgIpc) is 3.31. The molecule has 0 spiro atoms. The summed E-state index contributed by atoms with van der Waals surface area (Å²) in [5.74, 6) is 1.23. The number of para-hydroxylation sites is 2. The minimum absolute atomic E-state index is 0.197. The highest BCUT2D eigenvalue weighted by molar-refractivity contribution is 5.94. The number of carbonyl (C=O) groups excluding carboxylic acids is 1. The quantitative estimate of drug-likeness (QED) is 0.601. The van der Waals surface area contributed by atoms with Crippen molar-refractivity contribution in [1.82, 2.24) is 29.8 Å². The van der Waals surface area contributed by atoms with Gasteiger partial charge in [0.2, 0.25) is 0 Å². The molecule has 124 valence electrons. The number of nitrogens with zero attached hydrogens (tertiary/aromatic N) is 4. The summed E-state index contributed by atoms with van der Waals surface area (Å²) < 4.78 is 1.78. The molecule has 7 heteroatoms. The van der Waals surface area contributed by atoms with Crippen LogP contribution >= 0.6 is 0 Å². The minimum atomic E-state index is -0.242. The molecule has 3 aromatic heterocycles. The van der Waals surface area contributed by atoms with Gasteiger partial charge in [-0.2, -0.15) is 0 Å². The standard InChI is InChI=1S/C18H16N6O/c1-12(17-22-14-4-2-3-5-15(14)23-17)21-18(25)13-6-7-16(20-10-13)24-9-8-19-11-24/h2-12H,1H3,(H,21,25)(H,22,23). The predicted octanol–water partition coefficient (Wildman–Crippen LogP) is 2.63. The lowest BCUT2D eigenvalue weighted by molar-refractivity contribution is 0.0938. The zero-order valence-electron chi connectivity index (χ0n) is 13.5. The molecule has 0 fully saturated rings. The van der Waals surface area contributed by atoms with E-state index in [1.807, 2.05) is 31.2 Å². The number of amides is 1. The fourth-order valence-electron chi connectivity index (χ4n) is 2.59. The zero-order chi connectivity index (χ0) is 17.2. The molecule has 0 aliphatic carbocycles. The van der Waals surface area contributed by atoms with Crippen molar-refractivity contribution in [2.75, 3.05) is 0 Å². The fourth-order valence-corrected chi connectivity index (χ4v) is 2.59. The summed E-state index contributed by atoms with van der Waals surface area (Å²) in [7, 11) is 0. The Morgan fingerprint density at radius 3 is 2.84 bits per heavy atom. The number of pyridine rings is 1. The molecule has 0 aliphatic rings. The monoisotopic (exact) mass is 332 g/mol. The molecule has 1 unspecified atom stereocenters. The first kappa shape index (κ1) is 15.1. The van der Waals surface area contributed by atoms with E-state index in [-0.39, 0.29) is 11.9 Å². The average molecular weight is 332 g/mol. The molecule has 0 bridgehead atoms. The van der Waals surface area contributed by atoms with Crippen molar-refractivity contribution in [2.45, 2.75) is 13.0 Å². The van der Waals surface area contributed by atoms with E-state index in [1.165, 1.54) is 0 Å². The van der Waals surface area contributed by atoms with E-state index in [0.29, 0.717) is 11.4 Å². The van der Waals surface area contributed by atoms with Gasteiger partial charge in [-0.1, -0.05) is 12.1 Å². The molecule has 0 saturated carbocycles. The summed E-state index contributed by atoms with van der Waals surface area (Å²) in [5.41, 5.74) is 2.32. The largest absolute Gasteiger partial charge is 0.342 e. The van der Waals surface area contributed by atoms with Crippen molar-refractivity contribution in [3.05, 3.63) is 72.7 Å². The summed E-state index contributed by atoms with van der Waals surface area (Å²) in [4.78, 5) is 28.4. The van der Waals surface area contributed by atoms with Crippen molar-refractivity contribution >= 4 is 16.9 Å². The van der Waals surface area contributed by atoms with Gasteiger partial charge in [0.05, 0.1) is 22.6 Å². The fraction of sp³-hybridized carbons (Fsp3) is 0.111. The smallest absolute Gasteiger partial charge is 0.253 e. The van der Waals surface area contributed by atoms with Gasteiger partial charge in [0, 0.05) is 18.6 Å². The summed E-state index contributed by atoms with van der Waals surface area (Å²) in [6.07, 6.45) is 6.69. The highest BCUT2D eigenvalue weighted by Crippen LogP contribution is 2.16. The van der Waals surface area contributed by atoms with Crippen LogP contribution in [0.15, 0.2) is 61.3 Å². The molecule has 4 aromatic rings. The molecule has 0 radical (unpaired) electrons. The third-order valence-electron chi connectivity index (χ3n) is 3.94. The lowest BCUT2D eigenvalue weighted by Crippen LogP contribution is -2.27. The van der Waals surface area contributed by atoms with Crippen molar-refractivity contribution in [2.24, 2.45) is 0 Å². The van der Waals surface area contributed by atoms with Crippen molar-refractivity contribution < 1.29 is 4.79 Å². The maximum atomic E-state index is 12.4. The second kappa shape index (κ2) is 6.20. The molecule has 2 N–H and O–H groups in total. The first-order valence-corrected chi connectivity index (χ1v) is 7.90. The van der Waals surface area contributed by atoms with Gasteiger partial charge in [0.15, 0.2) is 0 Å². The van der Waals surface area contributed by atoms with Crippen LogP contribution in [0, 0.1) is 0 Å². The van der Waals surface area contributed by atoms with Crippen LogP contribution in [0.5, 0.6) is 0 Å². The van der Waals surface area contributed by atoms with E-state index in [4.69, 9.17) is 0 Å². The maximum absolute atomic E-state index is 12.4. The van der Waals surface area contributed by atoms with E-state index in [2.05, 4.69) is 25.3 Å². The number of rotatable bonds is 4. The normalized spacial score (nSPS) is 12.2. The molecule has 1 atom stereocenters. The Morgan fingerprint density at radius 1 is 1.24 bits per heavy atom. The Bertz CT molecular complexity index is 971. The molecule has 4 rings (SSSR count). The Morgan fingerprint density at radius 2 is 2.12 bits per heavy atom. The highest BCUT2D eigenvalue weighted by atomic mass is 16.1. The second-order valence-corrected chi connectivity index (χ2v) is 5.71. The van der Waals surface area contributed by atoms with E-state index in [0.717, 1.165) is 16.9 Å². The van der Waals surface area contributed by atoms with Gasteiger partial charge in [-0.15, -0.1) is 0 Å². The van der Waals surface area contributed by atoms with E-state index >= 15 is 0 Å². The molecule has 7 nitrogen and oxygen atoms in total. The number of aromatic nitrogens is 5. The number of aromatic amines is 1. The topological polar surface area (TPSA) is 88.5 Å². The maximum Gasteiger partial charge on any atom is 0.253 e. The Balaban J connectivity index is 1.49. The first-order chi connectivity index (χ1) is 12.2. The van der Waals surface area contributed by atoms with Gasteiger partial charge in [-0.05, 0) is 31.2 Å². The number of carbonyl (C=O) groups is 1. The van der Waals surface area contributed by atoms with Gasteiger partial charge >= 0.3 is 0 Å². The summed E-state index contributed by atoms with van der Waals surface area (Å²) in [5, 5.41) is 2.94. The molecular weight excluding hydrogens is 316 g/mol. The molecular formula is C18H16N6O. The molecule has 0 saturated heterocycles. The SMILES string of the molecule is CC(NC(=O)c1ccc(-n2ccnc2)nc1)c1nc2ccccc2[nH]1. The molecule has 1 amide bonds. The minimum Gasteiger partial charge on any atom is -0.342 e. The summed E-state index contributed by atoms with van der Waals surface area (Å²) in [6, 6.07) is 11.0. The van der Waals surface area contributed by atoms with Gasteiger partial charge < -0.3 is 10.3 Å². The molecule has 25 heavy (non-hydrogen) atoms. The lowest BCUT2D eigenvalue weighted by Gasteiger charge is -2.11. The first-order valence-electron chi connectivity index (χ1n) is 7.90. The summed E-state index contributed by atoms with van der Waals surface area (Å²) in [6.45, 7) is 1.89. The molecule has 3 heterocycles. The van der Waals surface area contributed by atoms with Crippen LogP contribution in [0.2, 0.25) is 0 Å². The van der Waals surface area contributed by atoms with E-state index in [9.17, 15) is 4.79 Å². The van der Waals surface area contributed by atoms with E-state index < -0.39 is 0 Å². The van der Waals surface area contributed by atoms with Gasteiger partial charge in [-0.3, -0.25) is 9.36 Å². The van der Waals surface area contributed by atoms with Crippen molar-refractivity contribution in [1.29, 1.82) is 0 Å². The molecule has 0 aliphatic heterocycles. The van der Waals surface area contributed by atoms with Crippen molar-refractivity contribution in [3.8, 4) is 5.82 Å². The number of H-pyrrole nitrogens is 1. The predicted molar refractivity (Wildman–Crippen MR) is 93.3 cm³/mol. The lowest BCUT2D eigenvalue weighted by atomic mass is 10.2. The highest BCUT2D eigenvalue weighted by Gasteiger charge is 2.15. The van der Waals surface area contributed by atoms with Crippen LogP contribution < -0.4 is 5.32 Å². The van der Waals surface area contributed by atoms with Gasteiger partial charge in [0.1, 0.15) is 18.0 Å². The third-order valence-corrected chi connectivity index (χ3v) is 3.94. The van der Waals surface area contributed by atoms with Crippen LogP contribution in [0.25, 0.3) is 16.9 Å². The van der Waals surface area contributed by atoms with E-state index in [1.54, 1.807) is 41.6 Å². The number of hydrogen-bond donors (Lipinski definition) is 2. The van der Waals surface area contributed by atoms with Crippen molar-refractivity contribution in [3.63, 3.8) is 0 Å². The second-order valence-electron chi connectivity index (χ2n) is 5.71. The van der Waals surface area contributed by atoms with Crippen LogP contribution in [0.3, 0.4) is 0 Å². The molecule has 1 aromatic carbocycles. The number of fused-ring (bicyclic) bond motifs is 1. The number of benzene rings is 1. The Hall–Kier alpha value is -3.48. The van der Waals surface area contributed by atoms with Gasteiger partial charge in [0.25, 0.3) is 5.91 Å². The van der Waals surface area contributed by atoms with Crippen LogP contribution in [0.1, 0.15) is 29.1 Å². The number of imidazole rings is 2. The zero-order valence-corrected chi connectivity index (χ0v) is 13.5. The number of hydrogen-bond acceptors (Lipinski definition) is 4. The number of nitrogens with one attached hydrogen (secondary N) is 2. The third kappa shape index (κ3) is 2.99. The Kier molecular flexibility index (Phi) is 3.74. The summed E-state index contributed by atoms with van der Waals surface area (Å²) >= 11 is 0. The van der Waals surface area contributed by atoms with Crippen LogP contribution in [-0.4, -0.2) is 30.4 Å². The van der Waals surface area contributed by atoms with Gasteiger partial charge in [-0.25, -0.2) is 15.0 Å². The van der Waals surface area contributed by atoms with Crippen LogP contribution in [-0.2, 0) is 0 Å². The Labute approximate surface area is 143 Å². The van der Waals surface area contributed by atoms with Crippen LogP contribution in [0.4, 0.5) is 0 Å².